The van der Waals surface area contributed by atoms with Crippen molar-refractivity contribution < 1.29 is 14.3 Å². The van der Waals surface area contributed by atoms with Gasteiger partial charge in [0.05, 0.1) is 6.61 Å². The predicted molar refractivity (Wildman–Crippen MR) is 93.0 cm³/mol. The van der Waals surface area contributed by atoms with Crippen LogP contribution < -0.4 is 20.1 Å². The molecule has 0 saturated carbocycles. The number of benzene rings is 1. The summed E-state index contributed by atoms with van der Waals surface area (Å²) in [7, 11) is 0. The van der Waals surface area contributed by atoms with Gasteiger partial charge in [0.25, 0.3) is 5.91 Å². The van der Waals surface area contributed by atoms with Crippen molar-refractivity contribution >= 4 is 5.91 Å². The predicted octanol–water partition coefficient (Wildman–Crippen LogP) is 2.88. The van der Waals surface area contributed by atoms with E-state index in [0.29, 0.717) is 24.1 Å². The fourth-order valence-corrected chi connectivity index (χ4v) is 1.97. The molecule has 1 aromatic carbocycles. The van der Waals surface area contributed by atoms with Gasteiger partial charge < -0.3 is 20.1 Å². The summed E-state index contributed by atoms with van der Waals surface area (Å²) in [6.07, 6.45) is 0. The third kappa shape index (κ3) is 7.88. The van der Waals surface area contributed by atoms with Crippen molar-refractivity contribution in [3.8, 4) is 11.5 Å². The zero-order valence-corrected chi connectivity index (χ0v) is 15.2. The molecule has 0 aliphatic rings. The lowest BCUT2D eigenvalue weighted by Gasteiger charge is -2.21. The Morgan fingerprint density at radius 1 is 1.17 bits per heavy atom. The summed E-state index contributed by atoms with van der Waals surface area (Å²) in [5.41, 5.74) is 0.851. The highest BCUT2D eigenvalue weighted by Gasteiger charge is 2.15. The number of carbonyl (C=O) groups excluding carboxylic acids is 1. The smallest absolute Gasteiger partial charge is 0.258 e. The molecule has 0 spiro atoms. The zero-order valence-electron chi connectivity index (χ0n) is 15.2. The third-order valence-corrected chi connectivity index (χ3v) is 2.90. The molecule has 0 saturated heterocycles. The molecule has 5 heteroatoms. The van der Waals surface area contributed by atoms with E-state index in [2.05, 4.69) is 24.5 Å². The van der Waals surface area contributed by atoms with Crippen LogP contribution >= 0.6 is 0 Å². The zero-order chi connectivity index (χ0) is 17.5. The highest BCUT2D eigenvalue weighted by Crippen LogP contribution is 2.28. The number of ether oxygens (including phenoxy) is 2. The second-order valence-electron chi connectivity index (χ2n) is 6.84. The highest BCUT2D eigenvalue weighted by molar-refractivity contribution is 5.78. The molecule has 0 radical (unpaired) electrons. The summed E-state index contributed by atoms with van der Waals surface area (Å²) >= 11 is 0. The number of nitrogens with one attached hydrogen (secondary N) is 2. The average Bonchev–Trinajstić information content (AvgIpc) is 2.42. The lowest BCUT2D eigenvalue weighted by atomic mass is 10.1. The van der Waals surface area contributed by atoms with Crippen LogP contribution in [0, 0.1) is 0 Å². The topological polar surface area (TPSA) is 59.6 Å². The van der Waals surface area contributed by atoms with E-state index in [9.17, 15) is 4.79 Å². The Morgan fingerprint density at radius 3 is 2.43 bits per heavy atom. The summed E-state index contributed by atoms with van der Waals surface area (Å²) in [6.45, 7) is 13.2. The van der Waals surface area contributed by atoms with Crippen LogP contribution in [0.5, 0.6) is 11.5 Å². The Hall–Kier alpha value is -1.75. The van der Waals surface area contributed by atoms with Crippen molar-refractivity contribution in [1.29, 1.82) is 0 Å². The van der Waals surface area contributed by atoms with Crippen LogP contribution in [0.1, 0.15) is 47.1 Å². The largest absolute Gasteiger partial charge is 0.490 e. The van der Waals surface area contributed by atoms with Gasteiger partial charge in [0.15, 0.2) is 18.1 Å². The SMILES string of the molecule is CCOc1cc(CNC(C)C)ccc1OCC(=O)NC(C)(C)C. The molecule has 1 amide bonds. The fourth-order valence-electron chi connectivity index (χ4n) is 1.97. The first-order chi connectivity index (χ1) is 10.7. The monoisotopic (exact) mass is 322 g/mol. The molecular formula is C18H30N2O3. The first-order valence-electron chi connectivity index (χ1n) is 8.14. The third-order valence-electron chi connectivity index (χ3n) is 2.90. The number of rotatable bonds is 8. The maximum atomic E-state index is 11.9. The summed E-state index contributed by atoms with van der Waals surface area (Å²) < 4.78 is 11.3. The van der Waals surface area contributed by atoms with E-state index in [1.54, 1.807) is 0 Å². The average molecular weight is 322 g/mol. The maximum Gasteiger partial charge on any atom is 0.258 e. The maximum absolute atomic E-state index is 11.9. The summed E-state index contributed by atoms with van der Waals surface area (Å²) in [4.78, 5) is 11.9. The van der Waals surface area contributed by atoms with Crippen LogP contribution in [0.3, 0.4) is 0 Å². The van der Waals surface area contributed by atoms with E-state index >= 15 is 0 Å². The molecule has 130 valence electrons. The van der Waals surface area contributed by atoms with Gasteiger partial charge in [-0.05, 0) is 45.4 Å². The van der Waals surface area contributed by atoms with E-state index in [-0.39, 0.29) is 18.1 Å². The van der Waals surface area contributed by atoms with E-state index in [4.69, 9.17) is 9.47 Å². The van der Waals surface area contributed by atoms with E-state index in [0.717, 1.165) is 12.1 Å². The molecular weight excluding hydrogens is 292 g/mol. The minimum atomic E-state index is -0.268. The van der Waals surface area contributed by atoms with Crippen LogP contribution in [0.2, 0.25) is 0 Å². The fraction of sp³-hybridized carbons (Fsp3) is 0.611. The van der Waals surface area contributed by atoms with Crippen molar-refractivity contribution in [3.05, 3.63) is 23.8 Å². The Kier molecular flexibility index (Phi) is 7.36. The van der Waals surface area contributed by atoms with Crippen LogP contribution in [-0.4, -0.2) is 30.7 Å². The first kappa shape index (κ1) is 19.3. The Balaban J connectivity index is 2.71. The molecule has 0 heterocycles. The quantitative estimate of drug-likeness (QED) is 0.772. The van der Waals surface area contributed by atoms with E-state index in [1.165, 1.54) is 0 Å². The van der Waals surface area contributed by atoms with Gasteiger partial charge in [-0.2, -0.15) is 0 Å². The molecule has 0 fully saturated rings. The van der Waals surface area contributed by atoms with Crippen molar-refractivity contribution in [3.63, 3.8) is 0 Å². The van der Waals surface area contributed by atoms with Gasteiger partial charge in [-0.15, -0.1) is 0 Å². The van der Waals surface area contributed by atoms with Gasteiger partial charge in [0, 0.05) is 18.1 Å². The normalized spacial score (nSPS) is 11.4. The molecule has 1 aromatic rings. The van der Waals surface area contributed by atoms with Crippen LogP contribution in [-0.2, 0) is 11.3 Å². The molecule has 23 heavy (non-hydrogen) atoms. The van der Waals surface area contributed by atoms with Gasteiger partial charge in [0.1, 0.15) is 0 Å². The minimum Gasteiger partial charge on any atom is -0.490 e. The van der Waals surface area contributed by atoms with Gasteiger partial charge in [-0.1, -0.05) is 19.9 Å². The molecule has 0 aliphatic heterocycles. The molecule has 0 bridgehead atoms. The van der Waals surface area contributed by atoms with Gasteiger partial charge in [-0.3, -0.25) is 4.79 Å². The Labute approximate surface area is 139 Å². The molecule has 5 nitrogen and oxygen atoms in total. The number of amides is 1. The van der Waals surface area contributed by atoms with Crippen molar-refractivity contribution in [1.82, 2.24) is 10.6 Å². The van der Waals surface area contributed by atoms with E-state index < -0.39 is 0 Å². The minimum absolute atomic E-state index is 0.0269. The Bertz CT molecular complexity index is 507. The summed E-state index contributed by atoms with van der Waals surface area (Å²) in [5, 5.41) is 6.24. The molecule has 2 N–H and O–H groups in total. The molecule has 0 atom stereocenters. The summed E-state index contributed by atoms with van der Waals surface area (Å²) in [6, 6.07) is 6.21. The number of hydrogen-bond acceptors (Lipinski definition) is 4. The van der Waals surface area contributed by atoms with Crippen molar-refractivity contribution in [2.75, 3.05) is 13.2 Å². The summed E-state index contributed by atoms with van der Waals surface area (Å²) in [5.74, 6) is 1.11. The number of carbonyl (C=O) groups is 1. The standard InChI is InChI=1S/C18H30N2O3/c1-7-22-16-10-14(11-19-13(2)3)8-9-15(16)23-12-17(21)20-18(4,5)6/h8-10,13,19H,7,11-12H2,1-6H3,(H,20,21). The molecule has 0 aliphatic carbocycles. The molecule has 1 rings (SSSR count). The van der Waals surface area contributed by atoms with Crippen LogP contribution in [0.15, 0.2) is 18.2 Å². The molecule has 0 aromatic heterocycles. The van der Waals surface area contributed by atoms with Crippen molar-refractivity contribution in [2.45, 2.75) is 59.7 Å². The van der Waals surface area contributed by atoms with E-state index in [1.807, 2.05) is 45.9 Å². The Morgan fingerprint density at radius 2 is 1.87 bits per heavy atom. The highest BCUT2D eigenvalue weighted by atomic mass is 16.5. The second-order valence-corrected chi connectivity index (χ2v) is 6.84. The van der Waals surface area contributed by atoms with Gasteiger partial charge >= 0.3 is 0 Å². The number of hydrogen-bond donors (Lipinski definition) is 2. The molecule has 0 unspecified atom stereocenters. The lowest BCUT2D eigenvalue weighted by Crippen LogP contribution is -2.43. The second kappa shape index (κ2) is 8.77. The lowest BCUT2D eigenvalue weighted by molar-refractivity contribution is -0.124. The van der Waals surface area contributed by atoms with Gasteiger partial charge in [0.2, 0.25) is 0 Å². The van der Waals surface area contributed by atoms with Crippen LogP contribution in [0.25, 0.3) is 0 Å². The van der Waals surface area contributed by atoms with Gasteiger partial charge in [-0.25, -0.2) is 0 Å². The van der Waals surface area contributed by atoms with Crippen LogP contribution in [0.4, 0.5) is 0 Å². The van der Waals surface area contributed by atoms with Crippen molar-refractivity contribution in [2.24, 2.45) is 0 Å². The first-order valence-corrected chi connectivity index (χ1v) is 8.14.